The zero-order valence-electron chi connectivity index (χ0n) is 49.6. The second-order valence-electron chi connectivity index (χ2n) is 23.4. The van der Waals surface area contributed by atoms with E-state index in [0.717, 1.165) is 49.7 Å². The van der Waals surface area contributed by atoms with Crippen LogP contribution in [0.3, 0.4) is 0 Å². The number of hydrogen-bond acceptors (Lipinski definition) is 18. The highest BCUT2D eigenvalue weighted by Gasteiger charge is 2.32. The number of carbonyl (C=O) groups is 2. The van der Waals surface area contributed by atoms with E-state index >= 15 is 8.78 Å². The standard InChI is InChI=1S/C30H34ClFN6O5S.C30H34ClFN6O4S.CH4/c1-30(2,3)43-29(39)37-13-11-36(12-14-37)27-18-8-7-9-22(25(18)34-28(35-27)44(4)40)42-26-19-17-33-38(23-10-5-6-15-41-23)21(19)16-20(32)24(26)31;1-30(2,3)42-29(39)37-13-11-36(12-14-37)27-18-8-7-9-22(25(18)34-28(35-27)43-4)41-26-19-17-33-38(23-10-5-6-15-40-23)21(19)16-20(32)24(26)31;/h7-9,16-17,23H,5-6,10-15H2,1-4H3;7-9,16-17,23H,5-6,10-15H2,1-4H3;1H4. The molecule has 3 atom stereocenters. The van der Waals surface area contributed by atoms with E-state index in [4.69, 9.17) is 61.6 Å². The molecule has 4 aromatic carbocycles. The molecular formula is C61H72Cl2F2N12O9S2. The number of rotatable bonds is 10. The molecule has 21 nitrogen and oxygen atoms in total. The maximum Gasteiger partial charge on any atom is 0.410 e. The van der Waals surface area contributed by atoms with E-state index in [1.54, 1.807) is 49.8 Å². The molecule has 0 bridgehead atoms. The Kier molecular flexibility index (Phi) is 19.4. The highest BCUT2D eigenvalue weighted by atomic mass is 35.5. The highest BCUT2D eigenvalue weighted by Crippen LogP contribution is 2.45. The SMILES string of the molecule is C.CS(=O)c1nc(N2CCN(C(=O)OC(C)(C)C)CC2)c2cccc(Oc3c(Cl)c(F)cc4c3cnn4C3CCCCO3)c2n1.CSc1nc(N2CCN(C(=O)OC(C)(C)C)CC2)c2cccc(Oc3c(Cl)c(F)cc4c3cnn4C3CCCCO3)c2n1. The van der Waals surface area contributed by atoms with Crippen molar-refractivity contribution in [1.29, 1.82) is 0 Å². The van der Waals surface area contributed by atoms with E-state index in [1.165, 1.54) is 30.2 Å². The van der Waals surface area contributed by atoms with Crippen molar-refractivity contribution in [3.8, 4) is 23.0 Å². The Morgan fingerprint density at radius 1 is 0.625 bits per heavy atom. The summed E-state index contributed by atoms with van der Waals surface area (Å²) >= 11 is 14.4. The number of nitrogens with zero attached hydrogens (tertiary/aromatic N) is 12. The number of hydrogen-bond donors (Lipinski definition) is 0. The predicted molar refractivity (Wildman–Crippen MR) is 337 cm³/mol. The third-order valence-corrected chi connectivity index (χ3v) is 16.9. The van der Waals surface area contributed by atoms with E-state index in [1.807, 2.05) is 70.9 Å². The quantitative estimate of drug-likeness (QED) is 0.0921. The molecule has 3 unspecified atom stereocenters. The summed E-state index contributed by atoms with van der Waals surface area (Å²) in [5.74, 6) is 1.02. The van der Waals surface area contributed by atoms with Gasteiger partial charge in [0.1, 0.15) is 55.6 Å². The van der Waals surface area contributed by atoms with Crippen LogP contribution in [0.25, 0.3) is 43.6 Å². The zero-order valence-corrected chi connectivity index (χ0v) is 52.8. The molecule has 4 aliphatic heterocycles. The molecule has 27 heteroatoms. The number of anilines is 2. The van der Waals surface area contributed by atoms with E-state index < -0.39 is 33.6 Å². The molecule has 8 aromatic rings. The molecule has 4 saturated heterocycles. The van der Waals surface area contributed by atoms with Crippen molar-refractivity contribution in [2.45, 2.75) is 121 Å². The summed E-state index contributed by atoms with van der Waals surface area (Å²) in [5.41, 5.74) is 0.872. The number of thioether (sulfide) groups is 1. The summed E-state index contributed by atoms with van der Waals surface area (Å²) in [4.78, 5) is 51.6. The van der Waals surface area contributed by atoms with E-state index in [-0.39, 0.29) is 58.8 Å². The third-order valence-electron chi connectivity index (χ3n) is 15.0. The normalized spacial score (nSPS) is 18.0. The molecule has 470 valence electrons. The van der Waals surface area contributed by atoms with Crippen molar-refractivity contribution in [2.75, 3.05) is 87.9 Å². The topological polar surface area (TPSA) is 207 Å². The Labute approximate surface area is 525 Å². The van der Waals surface area contributed by atoms with Gasteiger partial charge in [-0.05, 0) is 111 Å². The Morgan fingerprint density at radius 2 is 1.06 bits per heavy atom. The van der Waals surface area contributed by atoms with E-state index in [0.29, 0.717) is 126 Å². The molecule has 0 aliphatic carbocycles. The Bertz CT molecular complexity index is 3910. The van der Waals surface area contributed by atoms with Crippen LogP contribution in [0.15, 0.2) is 71.2 Å². The number of piperazine rings is 2. The number of aromatic nitrogens is 8. The summed E-state index contributed by atoms with van der Waals surface area (Å²) in [5, 5.41) is 11.9. The first-order valence-corrected chi connectivity index (χ1v) is 32.4. The minimum Gasteiger partial charge on any atom is -0.453 e. The van der Waals surface area contributed by atoms with Crippen LogP contribution in [0.1, 0.15) is 99.9 Å². The number of carbonyl (C=O) groups excluding carboxylic acids is 2. The molecular weight excluding hydrogens is 1220 g/mol. The lowest BCUT2D eigenvalue weighted by Crippen LogP contribution is -2.50. The maximum absolute atomic E-state index is 15.2. The largest absolute Gasteiger partial charge is 0.453 e. The van der Waals surface area contributed by atoms with Gasteiger partial charge in [0, 0.05) is 94.7 Å². The molecule has 4 aliphatic rings. The van der Waals surface area contributed by atoms with Gasteiger partial charge in [0.05, 0.1) is 45.0 Å². The van der Waals surface area contributed by atoms with Crippen LogP contribution in [0.2, 0.25) is 10.0 Å². The number of ether oxygens (including phenoxy) is 6. The minimum atomic E-state index is -1.51. The second kappa shape index (κ2) is 26.7. The molecule has 0 N–H and O–H groups in total. The van der Waals surface area contributed by atoms with Crippen LogP contribution in [0, 0.1) is 11.6 Å². The maximum atomic E-state index is 15.2. The van der Waals surface area contributed by atoms with Gasteiger partial charge in [-0.2, -0.15) is 10.2 Å². The molecule has 88 heavy (non-hydrogen) atoms. The van der Waals surface area contributed by atoms with Crippen LogP contribution >= 0.6 is 35.0 Å². The zero-order chi connectivity index (χ0) is 61.5. The van der Waals surface area contributed by atoms with Crippen molar-refractivity contribution in [3.05, 3.63) is 82.6 Å². The fourth-order valence-corrected chi connectivity index (χ4v) is 12.0. The summed E-state index contributed by atoms with van der Waals surface area (Å²) in [6.45, 7) is 16.3. The Morgan fingerprint density at radius 3 is 1.45 bits per heavy atom. The fraction of sp³-hybridized carbons (Fsp3) is 0.475. The lowest BCUT2D eigenvalue weighted by atomic mass is 10.1. The number of amides is 2. The summed E-state index contributed by atoms with van der Waals surface area (Å²) in [6, 6.07) is 13.6. The van der Waals surface area contributed by atoms with Gasteiger partial charge in [-0.3, -0.25) is 4.21 Å². The first kappa shape index (κ1) is 64.1. The van der Waals surface area contributed by atoms with Crippen LogP contribution < -0.4 is 19.3 Å². The average molecular weight is 1290 g/mol. The molecule has 0 radical (unpaired) electrons. The number of halogens is 4. The monoisotopic (exact) mass is 1290 g/mol. The molecule has 2 amide bonds. The van der Waals surface area contributed by atoms with Crippen molar-refractivity contribution in [2.24, 2.45) is 0 Å². The first-order chi connectivity index (χ1) is 41.6. The highest BCUT2D eigenvalue weighted by molar-refractivity contribution is 7.98. The molecule has 0 spiro atoms. The summed E-state index contributed by atoms with van der Waals surface area (Å²) in [7, 11) is -1.51. The van der Waals surface area contributed by atoms with E-state index in [2.05, 4.69) is 25.1 Å². The summed E-state index contributed by atoms with van der Waals surface area (Å²) < 4.78 is 82.0. The number of fused-ring (bicyclic) bond motifs is 4. The fourth-order valence-electron chi connectivity index (χ4n) is 10.8. The Hall–Kier alpha value is -6.90. The lowest BCUT2D eigenvalue weighted by molar-refractivity contribution is -0.0368. The van der Waals surface area contributed by atoms with Gasteiger partial charge in [0.15, 0.2) is 40.6 Å². The smallest absolute Gasteiger partial charge is 0.410 e. The molecule has 4 fully saturated rings. The van der Waals surface area contributed by atoms with Crippen molar-refractivity contribution < 1.29 is 51.0 Å². The summed E-state index contributed by atoms with van der Waals surface area (Å²) in [6.07, 6.45) is 10.9. The number of benzene rings is 4. The van der Waals surface area contributed by atoms with E-state index in [9.17, 15) is 13.8 Å². The molecule has 4 aromatic heterocycles. The van der Waals surface area contributed by atoms with Crippen LogP contribution in [0.4, 0.5) is 30.0 Å². The van der Waals surface area contributed by atoms with Gasteiger partial charge < -0.3 is 48.0 Å². The third kappa shape index (κ3) is 13.8. The van der Waals surface area contributed by atoms with Crippen LogP contribution in [0.5, 0.6) is 23.0 Å². The van der Waals surface area contributed by atoms with Crippen molar-refractivity contribution >= 4 is 113 Å². The lowest BCUT2D eigenvalue weighted by Gasteiger charge is -2.36. The average Bonchev–Trinajstić information content (AvgIpc) is 1.46. The number of para-hydroxylation sites is 2. The van der Waals surface area contributed by atoms with Crippen molar-refractivity contribution in [3.63, 3.8) is 0 Å². The van der Waals surface area contributed by atoms with Gasteiger partial charge in [0.2, 0.25) is 5.16 Å². The predicted octanol–water partition coefficient (Wildman–Crippen LogP) is 13.7. The Balaban J connectivity index is 0.000000192. The van der Waals surface area contributed by atoms with Gasteiger partial charge >= 0.3 is 12.2 Å². The van der Waals surface area contributed by atoms with Crippen LogP contribution in [-0.4, -0.2) is 155 Å². The van der Waals surface area contributed by atoms with Crippen molar-refractivity contribution in [1.82, 2.24) is 49.3 Å². The second-order valence-corrected chi connectivity index (χ2v) is 26.2. The van der Waals surface area contributed by atoms with Crippen LogP contribution in [-0.2, 0) is 29.7 Å². The van der Waals surface area contributed by atoms with Gasteiger partial charge in [0.25, 0.3) is 0 Å². The molecule has 12 rings (SSSR count). The minimum absolute atomic E-state index is 0. The van der Waals surface area contributed by atoms with Gasteiger partial charge in [-0.1, -0.05) is 54.5 Å². The first-order valence-electron chi connectivity index (χ1n) is 28.9. The molecule has 0 saturated carbocycles. The van der Waals surface area contributed by atoms with Gasteiger partial charge in [-0.15, -0.1) is 0 Å². The van der Waals surface area contributed by atoms with Gasteiger partial charge in [-0.25, -0.2) is 47.7 Å². The molecule has 8 heterocycles.